The van der Waals surface area contributed by atoms with Crippen LogP contribution in [-0.2, 0) is 0 Å². The molecule has 0 unspecified atom stereocenters. The molecular weight excluding hydrogens is 709 g/mol. The zero-order chi connectivity index (χ0) is 38.6. The number of aromatic nitrogens is 3. The summed E-state index contributed by atoms with van der Waals surface area (Å²) in [5, 5.41) is 15.1. The molecule has 58 heavy (non-hydrogen) atoms. The summed E-state index contributed by atoms with van der Waals surface area (Å²) < 4.78 is 9.10. The molecule has 0 spiro atoms. The largest absolute Gasteiger partial charge is 0.455 e. The number of rotatable bonds is 6. The molecule has 0 atom stereocenters. The molecule has 8 aromatic carbocycles. The molecular formula is C53H32N4O. The highest BCUT2D eigenvalue weighted by molar-refractivity contribution is 6.24. The Hall–Kier alpha value is -8.07. The second-order valence-electron chi connectivity index (χ2n) is 14.4. The van der Waals surface area contributed by atoms with Gasteiger partial charge >= 0.3 is 0 Å². The van der Waals surface area contributed by atoms with Gasteiger partial charge in [0.1, 0.15) is 22.8 Å². The van der Waals surface area contributed by atoms with Crippen LogP contribution in [0.2, 0.25) is 0 Å². The van der Waals surface area contributed by atoms with Crippen molar-refractivity contribution < 1.29 is 4.42 Å². The Kier molecular flexibility index (Phi) is 7.80. The van der Waals surface area contributed by atoms with E-state index in [1.54, 1.807) is 0 Å². The van der Waals surface area contributed by atoms with Crippen molar-refractivity contribution in [2.24, 2.45) is 0 Å². The van der Waals surface area contributed by atoms with Crippen LogP contribution in [0.15, 0.2) is 199 Å². The van der Waals surface area contributed by atoms with E-state index in [0.717, 1.165) is 88.4 Å². The predicted molar refractivity (Wildman–Crippen MR) is 236 cm³/mol. The zero-order valence-electron chi connectivity index (χ0n) is 31.2. The molecule has 0 aliphatic rings. The van der Waals surface area contributed by atoms with Crippen LogP contribution < -0.4 is 0 Å². The Balaban J connectivity index is 1.36. The molecule has 11 aromatic rings. The Morgan fingerprint density at radius 2 is 0.966 bits per heavy atom. The van der Waals surface area contributed by atoms with Gasteiger partial charge in [-0.15, -0.1) is 0 Å². The van der Waals surface area contributed by atoms with E-state index >= 15 is 0 Å². The highest BCUT2D eigenvalue weighted by atomic mass is 16.3. The van der Waals surface area contributed by atoms with Crippen LogP contribution in [0.4, 0.5) is 0 Å². The maximum absolute atomic E-state index is 10.8. The first-order valence-electron chi connectivity index (χ1n) is 19.3. The summed E-state index contributed by atoms with van der Waals surface area (Å²) in [6, 6.07) is 68.9. The first kappa shape index (κ1) is 33.3. The Morgan fingerprint density at radius 3 is 1.59 bits per heavy atom. The number of benzene rings is 8. The van der Waals surface area contributed by atoms with Crippen LogP contribution >= 0.6 is 0 Å². The fourth-order valence-electron chi connectivity index (χ4n) is 8.52. The van der Waals surface area contributed by atoms with E-state index in [2.05, 4.69) is 120 Å². The van der Waals surface area contributed by atoms with Crippen molar-refractivity contribution in [3.05, 3.63) is 200 Å². The monoisotopic (exact) mass is 740 g/mol. The number of hydrogen-bond donors (Lipinski definition) is 0. The smallest absolute Gasteiger partial charge is 0.163 e. The first-order valence-corrected chi connectivity index (χ1v) is 19.3. The van der Waals surface area contributed by atoms with E-state index in [9.17, 15) is 5.26 Å². The summed E-state index contributed by atoms with van der Waals surface area (Å²) in [6.45, 7) is 0. The van der Waals surface area contributed by atoms with Crippen molar-refractivity contribution in [1.29, 1.82) is 5.26 Å². The lowest BCUT2D eigenvalue weighted by Crippen LogP contribution is -2.07. The topological polar surface area (TPSA) is 67.6 Å². The first-order chi connectivity index (χ1) is 28.8. The molecule has 3 aromatic heterocycles. The third-order valence-electron chi connectivity index (χ3n) is 11.1. The molecule has 0 bridgehead atoms. The Bertz CT molecular complexity index is 3320. The number of para-hydroxylation sites is 2. The van der Waals surface area contributed by atoms with Gasteiger partial charge in [-0.25, -0.2) is 9.97 Å². The lowest BCUT2D eigenvalue weighted by molar-refractivity contribution is 0.673. The van der Waals surface area contributed by atoms with Crippen LogP contribution in [0, 0.1) is 11.3 Å². The second kappa shape index (κ2) is 13.6. The van der Waals surface area contributed by atoms with Gasteiger partial charge in [0.05, 0.1) is 39.1 Å². The minimum Gasteiger partial charge on any atom is -0.455 e. The summed E-state index contributed by atoms with van der Waals surface area (Å²) >= 11 is 0. The zero-order valence-corrected chi connectivity index (χ0v) is 31.2. The highest BCUT2D eigenvalue weighted by Gasteiger charge is 2.28. The quantitative estimate of drug-likeness (QED) is 0.170. The second-order valence-corrected chi connectivity index (χ2v) is 14.4. The normalized spacial score (nSPS) is 11.4. The van der Waals surface area contributed by atoms with Crippen LogP contribution in [0.3, 0.4) is 0 Å². The molecule has 0 aliphatic heterocycles. The minimum atomic E-state index is 0.423. The summed E-state index contributed by atoms with van der Waals surface area (Å²) in [4.78, 5) is 10.9. The third-order valence-corrected chi connectivity index (χ3v) is 11.1. The molecule has 0 amide bonds. The van der Waals surface area contributed by atoms with Crippen molar-refractivity contribution in [1.82, 2.24) is 14.5 Å². The number of fused-ring (bicyclic) bond motifs is 7. The fraction of sp³-hybridized carbons (Fsp3) is 0. The summed E-state index contributed by atoms with van der Waals surface area (Å²) in [5.74, 6) is 0.513. The summed E-state index contributed by atoms with van der Waals surface area (Å²) in [7, 11) is 0. The van der Waals surface area contributed by atoms with E-state index in [4.69, 9.17) is 14.4 Å². The maximum atomic E-state index is 10.8. The van der Waals surface area contributed by atoms with Gasteiger partial charge in [0, 0.05) is 32.8 Å². The molecule has 5 nitrogen and oxygen atoms in total. The third kappa shape index (κ3) is 5.24. The van der Waals surface area contributed by atoms with Gasteiger partial charge in [0.15, 0.2) is 5.82 Å². The molecule has 0 aliphatic carbocycles. The van der Waals surface area contributed by atoms with Crippen molar-refractivity contribution >= 4 is 43.7 Å². The highest BCUT2D eigenvalue weighted by Crippen LogP contribution is 2.47. The number of furan rings is 1. The average molecular weight is 741 g/mol. The van der Waals surface area contributed by atoms with E-state index < -0.39 is 0 Å². The van der Waals surface area contributed by atoms with Gasteiger partial charge in [-0.05, 0) is 41.0 Å². The van der Waals surface area contributed by atoms with Crippen molar-refractivity contribution in [2.75, 3.05) is 0 Å². The molecule has 0 saturated heterocycles. The number of hydrogen-bond acceptors (Lipinski definition) is 4. The fourth-order valence-corrected chi connectivity index (χ4v) is 8.52. The molecule has 270 valence electrons. The van der Waals surface area contributed by atoms with Crippen molar-refractivity contribution in [3.63, 3.8) is 0 Å². The van der Waals surface area contributed by atoms with E-state index in [1.165, 1.54) is 0 Å². The number of nitrogens with zero attached hydrogens (tertiary/aromatic N) is 4. The van der Waals surface area contributed by atoms with E-state index in [1.807, 2.05) is 84.9 Å². The van der Waals surface area contributed by atoms with Gasteiger partial charge in [-0.1, -0.05) is 170 Å². The lowest BCUT2D eigenvalue weighted by Gasteiger charge is -2.22. The van der Waals surface area contributed by atoms with Crippen molar-refractivity contribution in [3.8, 4) is 67.9 Å². The van der Waals surface area contributed by atoms with Crippen molar-refractivity contribution in [2.45, 2.75) is 0 Å². The predicted octanol–water partition coefficient (Wildman–Crippen LogP) is 13.7. The standard InChI is InChI=1S/C53H32N4O/c54-33-43-49(36-21-9-3-10-22-36)55-53(56-50(43)37-23-11-4-12-24-37)48-38(34-17-5-1-6-18-34)29-30-39(35-19-7-2-8-20-35)51(48)57-44-27-15-13-26-42(44)47-45(57)32-31-41-40-25-14-16-28-46(40)58-52(41)47/h1-32H. The van der Waals surface area contributed by atoms with Crippen LogP contribution in [-0.4, -0.2) is 14.5 Å². The van der Waals surface area contributed by atoms with Gasteiger partial charge in [0.25, 0.3) is 0 Å². The van der Waals surface area contributed by atoms with Gasteiger partial charge < -0.3 is 8.98 Å². The van der Waals surface area contributed by atoms with Gasteiger partial charge in [-0.3, -0.25) is 0 Å². The van der Waals surface area contributed by atoms with E-state index in [0.29, 0.717) is 22.8 Å². The average Bonchev–Trinajstić information content (AvgIpc) is 3.85. The Labute approximate surface area is 334 Å². The summed E-state index contributed by atoms with van der Waals surface area (Å²) in [5.41, 5.74) is 12.8. The molecule has 0 fully saturated rings. The van der Waals surface area contributed by atoms with Crippen LogP contribution in [0.25, 0.3) is 106 Å². The lowest BCUT2D eigenvalue weighted by atomic mass is 9.91. The summed E-state index contributed by atoms with van der Waals surface area (Å²) in [6.07, 6.45) is 0. The van der Waals surface area contributed by atoms with Gasteiger partial charge in [-0.2, -0.15) is 5.26 Å². The molecule has 0 N–H and O–H groups in total. The molecule has 0 saturated carbocycles. The van der Waals surface area contributed by atoms with Gasteiger partial charge in [0.2, 0.25) is 0 Å². The van der Waals surface area contributed by atoms with Crippen LogP contribution in [0.5, 0.6) is 0 Å². The van der Waals surface area contributed by atoms with Crippen LogP contribution in [0.1, 0.15) is 5.56 Å². The maximum Gasteiger partial charge on any atom is 0.163 e. The molecule has 0 radical (unpaired) electrons. The SMILES string of the molecule is N#Cc1c(-c2ccccc2)nc(-c2c(-c3ccccc3)ccc(-c3ccccc3)c2-n2c3ccccc3c3c4oc5ccccc5c4ccc32)nc1-c1ccccc1. The molecule has 3 heterocycles. The molecule has 11 rings (SSSR count). The molecule has 5 heteroatoms. The Morgan fingerprint density at radius 1 is 0.448 bits per heavy atom. The van der Waals surface area contributed by atoms with E-state index in [-0.39, 0.29) is 0 Å². The minimum absolute atomic E-state index is 0.423. The number of nitriles is 1.